The number of rotatable bonds is 5. The Bertz CT molecular complexity index is 1310. The third kappa shape index (κ3) is 4.33. The molecule has 3 aromatic rings. The van der Waals surface area contributed by atoms with Crippen LogP contribution in [-0.2, 0) is 7.05 Å². The summed E-state index contributed by atoms with van der Waals surface area (Å²) in [6.07, 6.45) is 1.76. The Morgan fingerprint density at radius 1 is 1.21 bits per heavy atom. The maximum Gasteiger partial charge on any atom is 0.412 e. The lowest BCUT2D eigenvalue weighted by atomic mass is 9.98. The predicted octanol–water partition coefficient (Wildman–Crippen LogP) is 4.70. The molecule has 33 heavy (non-hydrogen) atoms. The Kier molecular flexibility index (Phi) is 5.92. The predicted molar refractivity (Wildman–Crippen MR) is 117 cm³/mol. The molecule has 1 aromatic carbocycles. The fraction of sp³-hybridized carbons (Fsp3) is 0.304. The Balaban J connectivity index is 1.92. The Morgan fingerprint density at radius 2 is 2.00 bits per heavy atom. The van der Waals surface area contributed by atoms with Crippen LogP contribution in [0.25, 0.3) is 16.5 Å². The van der Waals surface area contributed by atoms with Gasteiger partial charge >= 0.3 is 12.1 Å². The summed E-state index contributed by atoms with van der Waals surface area (Å²) in [6, 6.07) is 4.29. The summed E-state index contributed by atoms with van der Waals surface area (Å²) in [4.78, 5) is 32.7. The minimum absolute atomic E-state index is 0.0517. The fourth-order valence-electron chi connectivity index (χ4n) is 4.06. The maximum absolute atomic E-state index is 14.2. The van der Waals surface area contributed by atoms with Gasteiger partial charge in [0.25, 0.3) is 5.56 Å². The minimum atomic E-state index is -4.81. The lowest BCUT2D eigenvalue weighted by Gasteiger charge is -2.25. The number of carboxylic acid groups (broad SMARTS) is 1. The first-order valence-corrected chi connectivity index (χ1v) is 10.4. The van der Waals surface area contributed by atoms with Gasteiger partial charge in [-0.25, -0.2) is 14.8 Å². The second-order valence-electron chi connectivity index (χ2n) is 7.84. The zero-order valence-electron chi connectivity index (χ0n) is 17.7. The van der Waals surface area contributed by atoms with Gasteiger partial charge in [0.1, 0.15) is 5.82 Å². The number of carboxylic acids is 1. The normalized spacial score (nSPS) is 15.2. The van der Waals surface area contributed by atoms with E-state index in [4.69, 9.17) is 0 Å². The molecule has 0 amide bonds. The topological polar surface area (TPSA) is 97.1 Å². The minimum Gasteiger partial charge on any atom is -0.476 e. The van der Waals surface area contributed by atoms with Gasteiger partial charge in [-0.3, -0.25) is 9.36 Å². The van der Waals surface area contributed by atoms with Crippen molar-refractivity contribution in [3.05, 3.63) is 70.0 Å². The van der Waals surface area contributed by atoms with Gasteiger partial charge in [-0.05, 0) is 49.5 Å². The molecule has 7 nitrogen and oxygen atoms in total. The van der Waals surface area contributed by atoms with Gasteiger partial charge in [-0.2, -0.15) is 13.2 Å². The molecular formula is C23H21F3N4O3. The number of benzene rings is 1. The maximum atomic E-state index is 14.2. The smallest absolute Gasteiger partial charge is 0.412 e. The van der Waals surface area contributed by atoms with E-state index < -0.39 is 29.4 Å². The molecule has 4 rings (SSSR count). The van der Waals surface area contributed by atoms with Crippen molar-refractivity contribution in [3.8, 4) is 0 Å². The van der Waals surface area contributed by atoms with Crippen LogP contribution in [0.4, 0.5) is 18.9 Å². The summed E-state index contributed by atoms with van der Waals surface area (Å²) in [5, 5.41) is 11.7. The van der Waals surface area contributed by atoms with Gasteiger partial charge in [-0.1, -0.05) is 18.2 Å². The van der Waals surface area contributed by atoms with Gasteiger partial charge in [0, 0.05) is 18.8 Å². The quantitative estimate of drug-likeness (QED) is 0.575. The number of allylic oxidation sites excluding steroid dienone is 2. The molecule has 1 atom stereocenters. The summed E-state index contributed by atoms with van der Waals surface area (Å²) in [5.74, 6) is -1.12. The summed E-state index contributed by atoms with van der Waals surface area (Å²) in [5.41, 5.74) is -0.785. The van der Waals surface area contributed by atoms with E-state index in [1.165, 1.54) is 41.1 Å². The SMILES string of the molecule is Cn1c(C2=CCCCC2)nc2c([C@H](Nc3cccnc3C(=O)O)C(F)(F)F)cccc2c1=O. The Hall–Kier alpha value is -3.69. The number of para-hydroxylation sites is 1. The van der Waals surface area contributed by atoms with Crippen LogP contribution in [0.2, 0.25) is 0 Å². The van der Waals surface area contributed by atoms with Crippen LogP contribution >= 0.6 is 0 Å². The number of halogens is 3. The van der Waals surface area contributed by atoms with Gasteiger partial charge in [-0.15, -0.1) is 0 Å². The molecule has 0 unspecified atom stereocenters. The molecule has 0 saturated carbocycles. The average molecular weight is 458 g/mol. The van der Waals surface area contributed by atoms with Crippen molar-refractivity contribution in [2.24, 2.45) is 7.05 Å². The van der Waals surface area contributed by atoms with Gasteiger partial charge in [0.15, 0.2) is 11.7 Å². The molecule has 0 spiro atoms. The molecule has 10 heteroatoms. The van der Waals surface area contributed by atoms with Crippen LogP contribution < -0.4 is 10.9 Å². The van der Waals surface area contributed by atoms with Crippen molar-refractivity contribution in [2.75, 3.05) is 5.32 Å². The van der Waals surface area contributed by atoms with Crippen molar-refractivity contribution >= 4 is 28.1 Å². The highest BCUT2D eigenvalue weighted by Crippen LogP contribution is 2.38. The number of nitrogens with one attached hydrogen (secondary N) is 1. The Labute approximate surface area is 186 Å². The van der Waals surface area contributed by atoms with E-state index in [2.05, 4.69) is 15.3 Å². The largest absolute Gasteiger partial charge is 0.476 e. The standard InChI is InChI=1S/C23H21F3N4O3/c1-30-20(13-7-3-2-4-8-13)29-17-14(9-5-10-15(17)21(30)31)19(23(24,25)26)28-16-11-6-12-27-18(16)22(32)33/h5-7,9-12,19,28H,2-4,8H2,1H3,(H,32,33)/t19-/m0/s1. The molecule has 0 saturated heterocycles. The van der Waals surface area contributed by atoms with E-state index >= 15 is 0 Å². The zero-order valence-corrected chi connectivity index (χ0v) is 17.7. The number of pyridine rings is 1. The molecule has 0 radical (unpaired) electrons. The lowest BCUT2D eigenvalue weighted by molar-refractivity contribution is -0.143. The number of hydrogen-bond acceptors (Lipinski definition) is 5. The Morgan fingerprint density at radius 3 is 2.67 bits per heavy atom. The number of fused-ring (bicyclic) bond motifs is 1. The molecule has 2 aromatic heterocycles. The van der Waals surface area contributed by atoms with Crippen molar-refractivity contribution in [2.45, 2.75) is 37.9 Å². The van der Waals surface area contributed by atoms with Crippen molar-refractivity contribution < 1.29 is 23.1 Å². The third-order valence-corrected chi connectivity index (χ3v) is 5.66. The monoisotopic (exact) mass is 458 g/mol. The van der Waals surface area contributed by atoms with E-state index in [0.717, 1.165) is 24.8 Å². The van der Waals surface area contributed by atoms with Crippen molar-refractivity contribution in [1.29, 1.82) is 0 Å². The van der Waals surface area contributed by atoms with Gasteiger partial charge < -0.3 is 10.4 Å². The highest BCUT2D eigenvalue weighted by molar-refractivity contribution is 5.92. The van der Waals surface area contributed by atoms with Gasteiger partial charge in [0.2, 0.25) is 0 Å². The first-order valence-electron chi connectivity index (χ1n) is 10.4. The van der Waals surface area contributed by atoms with Crippen LogP contribution in [0.3, 0.4) is 0 Å². The number of aromatic carboxylic acids is 1. The highest BCUT2D eigenvalue weighted by atomic mass is 19.4. The van der Waals surface area contributed by atoms with Crippen molar-refractivity contribution in [3.63, 3.8) is 0 Å². The molecule has 172 valence electrons. The molecule has 2 heterocycles. The van der Waals surface area contributed by atoms with Crippen LogP contribution in [-0.4, -0.2) is 31.8 Å². The van der Waals surface area contributed by atoms with E-state index in [-0.39, 0.29) is 22.2 Å². The van der Waals surface area contributed by atoms with Crippen LogP contribution in [0, 0.1) is 0 Å². The highest BCUT2D eigenvalue weighted by Gasteiger charge is 2.43. The number of anilines is 1. The average Bonchev–Trinajstić information content (AvgIpc) is 2.79. The molecule has 0 bridgehead atoms. The summed E-state index contributed by atoms with van der Waals surface area (Å²) < 4.78 is 44.1. The molecule has 1 aliphatic rings. The first-order chi connectivity index (χ1) is 15.7. The summed E-state index contributed by atoms with van der Waals surface area (Å²) in [6.45, 7) is 0. The lowest BCUT2D eigenvalue weighted by Crippen LogP contribution is -2.30. The van der Waals surface area contributed by atoms with Crippen LogP contribution in [0.15, 0.2) is 47.4 Å². The van der Waals surface area contributed by atoms with Crippen LogP contribution in [0.5, 0.6) is 0 Å². The van der Waals surface area contributed by atoms with Gasteiger partial charge in [0.05, 0.1) is 16.6 Å². The van der Waals surface area contributed by atoms with E-state index in [0.29, 0.717) is 12.2 Å². The number of hydrogen-bond donors (Lipinski definition) is 2. The van der Waals surface area contributed by atoms with Crippen LogP contribution in [0.1, 0.15) is 53.6 Å². The second-order valence-corrected chi connectivity index (χ2v) is 7.84. The zero-order chi connectivity index (χ0) is 23.8. The second kappa shape index (κ2) is 8.68. The molecule has 0 aliphatic heterocycles. The van der Waals surface area contributed by atoms with E-state index in [9.17, 15) is 27.9 Å². The fourth-order valence-corrected chi connectivity index (χ4v) is 4.06. The first kappa shape index (κ1) is 22.5. The number of alkyl halides is 3. The van der Waals surface area contributed by atoms with E-state index in [1.807, 2.05) is 6.08 Å². The number of aromatic nitrogens is 3. The number of nitrogens with zero attached hydrogens (tertiary/aromatic N) is 3. The molecular weight excluding hydrogens is 437 g/mol. The third-order valence-electron chi connectivity index (χ3n) is 5.66. The molecule has 2 N–H and O–H groups in total. The molecule has 0 fully saturated rings. The van der Waals surface area contributed by atoms with Crippen molar-refractivity contribution in [1.82, 2.24) is 14.5 Å². The summed E-state index contributed by atoms with van der Waals surface area (Å²) in [7, 11) is 1.56. The van der Waals surface area contributed by atoms with E-state index in [1.54, 1.807) is 7.05 Å². The number of carbonyl (C=O) groups is 1. The molecule has 1 aliphatic carbocycles. The summed E-state index contributed by atoms with van der Waals surface area (Å²) >= 11 is 0.